The Morgan fingerprint density at radius 1 is 0.723 bits per heavy atom. The molecule has 244 valence electrons. The van der Waals surface area contributed by atoms with Gasteiger partial charge in [-0.05, 0) is 60.4 Å². The molecule has 1 amide bonds. The first-order valence-electron chi connectivity index (χ1n) is 14.9. The van der Waals surface area contributed by atoms with Gasteiger partial charge in [-0.1, -0.05) is 73.3 Å². The first kappa shape index (κ1) is 33.6. The summed E-state index contributed by atoms with van der Waals surface area (Å²) in [7, 11) is 0. The summed E-state index contributed by atoms with van der Waals surface area (Å²) < 4.78 is 23.8. The fraction of sp³-hybridized carbons (Fsp3) is 0.278. The van der Waals surface area contributed by atoms with E-state index in [9.17, 15) is 24.3 Å². The SMILES string of the molecule is C=C(C)C(=O)OCCOC12c3ccccc3C(OCCOC(=O)C(=C)C)(c3ccc(Cl)cc31)C(C(=O)Nc1ccccc1)C2C(=O)O. The van der Waals surface area contributed by atoms with Gasteiger partial charge in [0.2, 0.25) is 5.91 Å². The molecule has 0 spiro atoms. The lowest BCUT2D eigenvalue weighted by Crippen LogP contribution is -2.67. The number of carbonyl (C=O) groups is 4. The summed E-state index contributed by atoms with van der Waals surface area (Å²) in [6.45, 7) is 9.38. The van der Waals surface area contributed by atoms with Crippen LogP contribution in [-0.4, -0.2) is 55.3 Å². The second-order valence-corrected chi connectivity index (χ2v) is 11.8. The van der Waals surface area contributed by atoms with Gasteiger partial charge in [-0.3, -0.25) is 9.59 Å². The van der Waals surface area contributed by atoms with Crippen molar-refractivity contribution in [3.8, 4) is 0 Å². The summed E-state index contributed by atoms with van der Waals surface area (Å²) in [5, 5.41) is 14.2. The number of hydrogen-bond acceptors (Lipinski definition) is 8. The quantitative estimate of drug-likeness (QED) is 0.141. The number of aliphatic carboxylic acids is 1. The zero-order chi connectivity index (χ0) is 33.9. The molecular formula is C36H34ClNO9. The van der Waals surface area contributed by atoms with Gasteiger partial charge >= 0.3 is 17.9 Å². The molecule has 0 heterocycles. The van der Waals surface area contributed by atoms with Crippen LogP contribution in [0.3, 0.4) is 0 Å². The highest BCUT2D eigenvalue weighted by Crippen LogP contribution is 2.65. The molecule has 3 aliphatic carbocycles. The molecular weight excluding hydrogens is 626 g/mol. The fourth-order valence-corrected chi connectivity index (χ4v) is 6.69. The highest BCUT2D eigenvalue weighted by molar-refractivity contribution is 6.30. The van der Waals surface area contributed by atoms with Crippen LogP contribution in [0.4, 0.5) is 5.69 Å². The Kier molecular flexibility index (Phi) is 9.67. The van der Waals surface area contributed by atoms with E-state index in [1.165, 1.54) is 13.8 Å². The van der Waals surface area contributed by atoms with Crippen LogP contribution in [0.2, 0.25) is 5.02 Å². The predicted octanol–water partition coefficient (Wildman–Crippen LogP) is 5.38. The van der Waals surface area contributed by atoms with Crippen molar-refractivity contribution in [1.29, 1.82) is 0 Å². The molecule has 11 heteroatoms. The molecule has 6 rings (SSSR count). The lowest BCUT2D eigenvalue weighted by Gasteiger charge is -2.60. The second-order valence-electron chi connectivity index (χ2n) is 11.4. The minimum atomic E-state index is -1.77. The van der Waals surface area contributed by atoms with Crippen molar-refractivity contribution in [3.05, 3.63) is 124 Å². The maximum atomic E-state index is 14.5. The number of fused-ring (bicyclic) bond motifs is 1. The summed E-state index contributed by atoms with van der Waals surface area (Å²) in [4.78, 5) is 52.4. The molecule has 4 atom stereocenters. The number of rotatable bonds is 13. The molecule has 0 saturated carbocycles. The van der Waals surface area contributed by atoms with E-state index in [0.29, 0.717) is 33.0 Å². The van der Waals surface area contributed by atoms with Crippen LogP contribution in [0.5, 0.6) is 0 Å². The number of para-hydroxylation sites is 1. The lowest BCUT2D eigenvalue weighted by atomic mass is 9.49. The Morgan fingerprint density at radius 3 is 1.72 bits per heavy atom. The Hall–Kier alpha value is -4.77. The van der Waals surface area contributed by atoms with Gasteiger partial charge < -0.3 is 29.4 Å². The van der Waals surface area contributed by atoms with Gasteiger partial charge in [0.1, 0.15) is 30.3 Å². The molecule has 0 aliphatic heterocycles. The van der Waals surface area contributed by atoms with Crippen molar-refractivity contribution in [2.45, 2.75) is 25.0 Å². The van der Waals surface area contributed by atoms with Crippen LogP contribution in [0.25, 0.3) is 0 Å². The minimum Gasteiger partial charge on any atom is -0.481 e. The number of carboxylic acid groups (broad SMARTS) is 1. The second kappa shape index (κ2) is 13.5. The van der Waals surface area contributed by atoms with E-state index in [2.05, 4.69) is 18.5 Å². The van der Waals surface area contributed by atoms with Gasteiger partial charge in [-0.2, -0.15) is 0 Å². The first-order valence-corrected chi connectivity index (χ1v) is 15.2. The summed E-state index contributed by atoms with van der Waals surface area (Å²) in [6, 6.07) is 20.5. The molecule has 3 aliphatic rings. The molecule has 0 fully saturated rings. The number of nitrogens with one attached hydrogen (secondary N) is 1. The van der Waals surface area contributed by atoms with E-state index < -0.39 is 46.9 Å². The number of anilines is 1. The maximum absolute atomic E-state index is 14.5. The third-order valence-electron chi connectivity index (χ3n) is 8.30. The standard InChI is InChI=1S/C36H34ClNO9/c1-21(2)33(42)44-16-18-46-35-25-12-8-9-13-26(25)36(28-20-23(37)14-15-27(28)35,47-19-17-45-34(43)22(3)4)30(32(40)41)29(35)31(39)38-24-10-6-5-7-11-24/h5-15,20,29-30H,1,3,16-19H2,2,4H3,(H,38,39)(H,40,41). The van der Waals surface area contributed by atoms with E-state index in [1.54, 1.807) is 72.8 Å². The molecule has 0 radical (unpaired) electrons. The van der Waals surface area contributed by atoms with Crippen LogP contribution in [-0.2, 0) is 49.3 Å². The number of amides is 1. The number of benzene rings is 3. The van der Waals surface area contributed by atoms with Crippen molar-refractivity contribution in [3.63, 3.8) is 0 Å². The molecule has 0 saturated heterocycles. The van der Waals surface area contributed by atoms with Gasteiger partial charge in [0, 0.05) is 21.9 Å². The molecule has 10 nitrogen and oxygen atoms in total. The number of ether oxygens (including phenoxy) is 4. The van der Waals surface area contributed by atoms with Crippen LogP contribution in [0, 0.1) is 11.8 Å². The van der Waals surface area contributed by atoms with E-state index in [4.69, 9.17) is 30.5 Å². The Labute approximate surface area is 276 Å². The Balaban J connectivity index is 1.71. The van der Waals surface area contributed by atoms with E-state index in [1.807, 2.05) is 0 Å². The van der Waals surface area contributed by atoms with Gasteiger partial charge in [0.25, 0.3) is 0 Å². The van der Waals surface area contributed by atoms with Crippen LogP contribution in [0.1, 0.15) is 36.1 Å². The Bertz CT molecular complexity index is 1760. The predicted molar refractivity (Wildman–Crippen MR) is 173 cm³/mol. The fourth-order valence-electron chi connectivity index (χ4n) is 6.51. The Morgan fingerprint density at radius 2 is 1.21 bits per heavy atom. The monoisotopic (exact) mass is 659 g/mol. The average Bonchev–Trinajstić information content (AvgIpc) is 3.05. The zero-order valence-corrected chi connectivity index (χ0v) is 26.7. The van der Waals surface area contributed by atoms with Gasteiger partial charge in [-0.15, -0.1) is 0 Å². The molecule has 0 aromatic heterocycles. The van der Waals surface area contributed by atoms with Crippen LogP contribution < -0.4 is 5.32 Å². The molecule has 3 aromatic rings. The number of carbonyl (C=O) groups excluding carboxylic acids is 3. The number of halogens is 1. The summed E-state index contributed by atoms with van der Waals surface area (Å²) in [5.41, 5.74) is -0.855. The number of carboxylic acids is 1. The summed E-state index contributed by atoms with van der Waals surface area (Å²) in [6.07, 6.45) is 0. The number of esters is 2. The van der Waals surface area contributed by atoms with E-state index in [-0.39, 0.29) is 37.6 Å². The molecule has 2 bridgehead atoms. The maximum Gasteiger partial charge on any atom is 0.333 e. The summed E-state index contributed by atoms with van der Waals surface area (Å²) in [5.74, 6) is -6.21. The zero-order valence-electron chi connectivity index (χ0n) is 25.9. The van der Waals surface area contributed by atoms with Crippen molar-refractivity contribution in [1.82, 2.24) is 0 Å². The lowest BCUT2D eigenvalue weighted by molar-refractivity contribution is -0.200. The largest absolute Gasteiger partial charge is 0.481 e. The number of hydrogen-bond donors (Lipinski definition) is 2. The molecule has 47 heavy (non-hydrogen) atoms. The van der Waals surface area contributed by atoms with Crippen molar-refractivity contribution < 1.29 is 43.2 Å². The first-order chi connectivity index (χ1) is 22.4. The van der Waals surface area contributed by atoms with E-state index in [0.717, 1.165) is 0 Å². The van der Waals surface area contributed by atoms with Crippen molar-refractivity contribution in [2.75, 3.05) is 31.7 Å². The molecule has 4 unspecified atom stereocenters. The van der Waals surface area contributed by atoms with Crippen molar-refractivity contribution >= 4 is 41.1 Å². The van der Waals surface area contributed by atoms with Gasteiger partial charge in [-0.25, -0.2) is 9.59 Å². The normalized spacial score (nSPS) is 21.9. The molecule has 3 aromatic carbocycles. The molecule has 2 N–H and O–H groups in total. The highest BCUT2D eigenvalue weighted by atomic mass is 35.5. The van der Waals surface area contributed by atoms with E-state index >= 15 is 0 Å². The highest BCUT2D eigenvalue weighted by Gasteiger charge is 2.71. The third-order valence-corrected chi connectivity index (χ3v) is 8.53. The van der Waals surface area contributed by atoms with Crippen molar-refractivity contribution in [2.24, 2.45) is 11.8 Å². The van der Waals surface area contributed by atoms with Gasteiger partial charge in [0.05, 0.1) is 19.1 Å². The summed E-state index contributed by atoms with van der Waals surface area (Å²) >= 11 is 6.54. The smallest absolute Gasteiger partial charge is 0.333 e. The topological polar surface area (TPSA) is 137 Å². The minimum absolute atomic E-state index is 0.192. The van der Waals surface area contributed by atoms with Gasteiger partial charge in [0.15, 0.2) is 0 Å². The average molecular weight is 660 g/mol. The third kappa shape index (κ3) is 5.95. The van der Waals surface area contributed by atoms with Crippen LogP contribution >= 0.6 is 11.6 Å². The van der Waals surface area contributed by atoms with Crippen LogP contribution in [0.15, 0.2) is 97.1 Å².